The molecule has 92 valence electrons. The van der Waals surface area contributed by atoms with Crippen LogP contribution in [0.2, 0.25) is 0 Å². The molecule has 18 heavy (non-hydrogen) atoms. The van der Waals surface area contributed by atoms with Crippen molar-refractivity contribution in [1.82, 2.24) is 0 Å². The summed E-state index contributed by atoms with van der Waals surface area (Å²) < 4.78 is 6.01. The molecule has 0 aromatic heterocycles. The number of hydrogen-bond donors (Lipinski definition) is 1. The first kappa shape index (κ1) is 11.1. The molecule has 1 aromatic rings. The Balaban J connectivity index is 2.00. The molecule has 1 aromatic carbocycles. The van der Waals surface area contributed by atoms with Crippen molar-refractivity contribution in [2.45, 2.75) is 13.8 Å². The fraction of sp³-hybridized carbons (Fsp3) is 0.250. The van der Waals surface area contributed by atoms with E-state index >= 15 is 0 Å². The van der Waals surface area contributed by atoms with Crippen LogP contribution in [0.25, 0.3) is 0 Å². The standard InChI is InChI=1S/C16H17NO/c1-16(2)9-7-12-11-17-13-5-3-4-6-15(13)18-14(12)8-10-16/h3-10,17H,11H2,1-2H3. The lowest BCUT2D eigenvalue weighted by Gasteiger charge is -2.13. The highest BCUT2D eigenvalue weighted by atomic mass is 16.5. The van der Waals surface area contributed by atoms with Gasteiger partial charge in [-0.3, -0.25) is 0 Å². The van der Waals surface area contributed by atoms with Crippen LogP contribution in [-0.4, -0.2) is 6.54 Å². The lowest BCUT2D eigenvalue weighted by molar-refractivity contribution is 0.444. The Hall–Kier alpha value is -1.96. The van der Waals surface area contributed by atoms with Gasteiger partial charge in [0.2, 0.25) is 0 Å². The first-order chi connectivity index (χ1) is 8.64. The monoisotopic (exact) mass is 239 g/mol. The number of ether oxygens (including phenoxy) is 1. The van der Waals surface area contributed by atoms with Crippen LogP contribution in [0.3, 0.4) is 0 Å². The van der Waals surface area contributed by atoms with Crippen molar-refractivity contribution >= 4 is 5.69 Å². The Morgan fingerprint density at radius 3 is 2.78 bits per heavy atom. The molecule has 2 nitrogen and oxygen atoms in total. The minimum atomic E-state index is 0.0784. The van der Waals surface area contributed by atoms with Crippen molar-refractivity contribution in [1.29, 1.82) is 0 Å². The average Bonchev–Trinajstić information content (AvgIpc) is 2.61. The van der Waals surface area contributed by atoms with Crippen molar-refractivity contribution in [3.05, 3.63) is 59.9 Å². The van der Waals surface area contributed by atoms with Gasteiger partial charge in [-0.2, -0.15) is 0 Å². The molecule has 0 amide bonds. The van der Waals surface area contributed by atoms with Crippen LogP contribution in [0.5, 0.6) is 5.75 Å². The molecule has 0 atom stereocenters. The number of para-hydroxylation sites is 2. The molecule has 0 unspecified atom stereocenters. The lowest BCUT2D eigenvalue weighted by atomic mass is 9.93. The molecule has 2 heteroatoms. The molecular formula is C16H17NO. The summed E-state index contributed by atoms with van der Waals surface area (Å²) in [6.07, 6.45) is 8.64. The van der Waals surface area contributed by atoms with Gasteiger partial charge in [-0.15, -0.1) is 0 Å². The van der Waals surface area contributed by atoms with Gasteiger partial charge in [-0.05, 0) is 18.2 Å². The van der Waals surface area contributed by atoms with Crippen molar-refractivity contribution in [2.75, 3.05) is 11.9 Å². The summed E-state index contributed by atoms with van der Waals surface area (Å²) in [6, 6.07) is 8.04. The topological polar surface area (TPSA) is 21.3 Å². The Morgan fingerprint density at radius 2 is 1.89 bits per heavy atom. The minimum absolute atomic E-state index is 0.0784. The summed E-state index contributed by atoms with van der Waals surface area (Å²) in [4.78, 5) is 0. The average molecular weight is 239 g/mol. The quantitative estimate of drug-likeness (QED) is 0.741. The highest BCUT2D eigenvalue weighted by Gasteiger charge is 2.18. The van der Waals surface area contributed by atoms with Crippen LogP contribution in [0.4, 0.5) is 5.69 Å². The maximum atomic E-state index is 6.01. The van der Waals surface area contributed by atoms with Gasteiger partial charge < -0.3 is 10.1 Å². The molecule has 0 radical (unpaired) electrons. The van der Waals surface area contributed by atoms with Crippen LogP contribution in [0, 0.1) is 5.41 Å². The summed E-state index contributed by atoms with van der Waals surface area (Å²) in [5.74, 6) is 1.83. The molecule has 3 rings (SSSR count). The van der Waals surface area contributed by atoms with Gasteiger partial charge >= 0.3 is 0 Å². The van der Waals surface area contributed by atoms with E-state index in [0.29, 0.717) is 0 Å². The van der Waals surface area contributed by atoms with Gasteiger partial charge in [0, 0.05) is 17.5 Å². The van der Waals surface area contributed by atoms with Crippen LogP contribution in [-0.2, 0) is 0 Å². The second kappa shape index (κ2) is 4.05. The Morgan fingerprint density at radius 1 is 1.11 bits per heavy atom. The molecule has 1 heterocycles. The van der Waals surface area contributed by atoms with E-state index in [9.17, 15) is 0 Å². The molecule has 2 aliphatic rings. The molecule has 0 spiro atoms. The second-order valence-electron chi connectivity index (χ2n) is 5.33. The van der Waals surface area contributed by atoms with Crippen LogP contribution in [0.1, 0.15) is 13.8 Å². The predicted octanol–water partition coefficient (Wildman–Crippen LogP) is 3.90. The highest BCUT2D eigenvalue weighted by Crippen LogP contribution is 2.33. The minimum Gasteiger partial charge on any atom is -0.455 e. The zero-order valence-corrected chi connectivity index (χ0v) is 10.7. The predicted molar refractivity (Wildman–Crippen MR) is 74.6 cm³/mol. The molecule has 0 bridgehead atoms. The van der Waals surface area contributed by atoms with Crippen molar-refractivity contribution in [3.8, 4) is 5.75 Å². The van der Waals surface area contributed by atoms with E-state index in [4.69, 9.17) is 4.74 Å². The maximum absolute atomic E-state index is 6.01. The zero-order valence-electron chi connectivity index (χ0n) is 10.7. The SMILES string of the molecule is CC1(C)C=CC2=C(C=C1)Oc1ccccc1NC2. The van der Waals surface area contributed by atoms with Crippen molar-refractivity contribution in [2.24, 2.45) is 5.41 Å². The number of rotatable bonds is 0. The fourth-order valence-electron chi connectivity index (χ4n) is 2.11. The summed E-state index contributed by atoms with van der Waals surface area (Å²) in [7, 11) is 0. The van der Waals surface area contributed by atoms with Crippen LogP contribution >= 0.6 is 0 Å². The maximum Gasteiger partial charge on any atom is 0.150 e. The number of fused-ring (bicyclic) bond motifs is 1. The molecule has 0 fully saturated rings. The van der Waals surface area contributed by atoms with Gasteiger partial charge in [-0.25, -0.2) is 0 Å². The number of allylic oxidation sites excluding steroid dienone is 3. The molecule has 1 aliphatic heterocycles. The van der Waals surface area contributed by atoms with Crippen LogP contribution in [0.15, 0.2) is 59.9 Å². The van der Waals surface area contributed by atoms with E-state index in [1.54, 1.807) is 0 Å². The molecular weight excluding hydrogens is 222 g/mol. The van der Waals surface area contributed by atoms with E-state index in [-0.39, 0.29) is 5.41 Å². The van der Waals surface area contributed by atoms with Gasteiger partial charge in [0.15, 0.2) is 5.75 Å². The lowest BCUT2D eigenvalue weighted by Crippen LogP contribution is -2.03. The van der Waals surface area contributed by atoms with Gasteiger partial charge in [0.25, 0.3) is 0 Å². The summed E-state index contributed by atoms with van der Waals surface area (Å²) in [6.45, 7) is 5.17. The summed E-state index contributed by atoms with van der Waals surface area (Å²) in [5, 5.41) is 3.41. The third-order valence-electron chi connectivity index (χ3n) is 3.27. The number of anilines is 1. The first-order valence-electron chi connectivity index (χ1n) is 6.26. The molecule has 0 saturated heterocycles. The molecule has 1 N–H and O–H groups in total. The number of nitrogens with one attached hydrogen (secondary N) is 1. The summed E-state index contributed by atoms with van der Waals surface area (Å²) >= 11 is 0. The smallest absolute Gasteiger partial charge is 0.150 e. The van der Waals surface area contributed by atoms with Gasteiger partial charge in [-0.1, -0.05) is 44.2 Å². The Kier molecular flexibility index (Phi) is 2.51. The number of hydrogen-bond acceptors (Lipinski definition) is 2. The molecule has 0 saturated carbocycles. The van der Waals surface area contributed by atoms with Crippen molar-refractivity contribution in [3.63, 3.8) is 0 Å². The third kappa shape index (κ3) is 2.06. The Bertz CT molecular complexity index is 564. The zero-order chi connectivity index (χ0) is 12.6. The fourth-order valence-corrected chi connectivity index (χ4v) is 2.11. The van der Waals surface area contributed by atoms with Crippen molar-refractivity contribution < 1.29 is 4.74 Å². The Labute approximate surface area is 108 Å². The van der Waals surface area contributed by atoms with Gasteiger partial charge in [0.1, 0.15) is 5.76 Å². The van der Waals surface area contributed by atoms with E-state index in [1.165, 1.54) is 5.57 Å². The van der Waals surface area contributed by atoms with E-state index < -0.39 is 0 Å². The number of benzene rings is 1. The van der Waals surface area contributed by atoms with Gasteiger partial charge in [0.05, 0.1) is 5.69 Å². The largest absolute Gasteiger partial charge is 0.455 e. The molecule has 1 aliphatic carbocycles. The normalized spacial score (nSPS) is 20.1. The van der Waals surface area contributed by atoms with E-state index in [1.807, 2.05) is 24.3 Å². The highest BCUT2D eigenvalue weighted by molar-refractivity contribution is 5.60. The van der Waals surface area contributed by atoms with E-state index in [0.717, 1.165) is 23.7 Å². The third-order valence-corrected chi connectivity index (χ3v) is 3.27. The van der Waals surface area contributed by atoms with Crippen LogP contribution < -0.4 is 10.1 Å². The second-order valence-corrected chi connectivity index (χ2v) is 5.33. The van der Waals surface area contributed by atoms with E-state index in [2.05, 4.69) is 43.5 Å². The first-order valence-corrected chi connectivity index (χ1v) is 6.26. The summed E-state index contributed by atoms with van der Waals surface area (Å²) in [5.41, 5.74) is 2.31.